The van der Waals surface area contributed by atoms with Crippen LogP contribution in [0, 0.1) is 5.92 Å². The molecule has 1 unspecified atom stereocenters. The van der Waals surface area contributed by atoms with E-state index in [9.17, 15) is 19.8 Å². The summed E-state index contributed by atoms with van der Waals surface area (Å²) in [6, 6.07) is 0. The number of carbonyl (C=O) groups excluding carboxylic acids is 2. The third-order valence-electron chi connectivity index (χ3n) is 5.31. The van der Waals surface area contributed by atoms with Crippen molar-refractivity contribution < 1.29 is 123 Å². The van der Waals surface area contributed by atoms with Crippen molar-refractivity contribution in [1.82, 2.24) is 0 Å². The molecule has 4 nitrogen and oxygen atoms in total. The first kappa shape index (κ1) is 36.5. The van der Waals surface area contributed by atoms with Gasteiger partial charge in [-0.15, -0.1) is 0 Å². The first-order chi connectivity index (χ1) is 13.6. The molecule has 0 heterocycles. The molecule has 0 rings (SSSR count). The normalized spacial score (nSPS) is 11.6. The molecule has 0 saturated heterocycles. The summed E-state index contributed by atoms with van der Waals surface area (Å²) in [6.07, 6.45) is 24.3. The predicted octanol–water partition coefficient (Wildman–Crippen LogP) is -1.29. The first-order valence-electron chi connectivity index (χ1n) is 11.6. The van der Waals surface area contributed by atoms with Gasteiger partial charge in [0, 0.05) is 17.9 Å². The van der Waals surface area contributed by atoms with Crippen molar-refractivity contribution in [3.63, 3.8) is 0 Å². The molecule has 0 saturated carbocycles. The number of hydrogen-bond donors (Lipinski definition) is 0. The number of carboxylic acid groups (broad SMARTS) is 2. The summed E-state index contributed by atoms with van der Waals surface area (Å²) in [7, 11) is 0. The van der Waals surface area contributed by atoms with E-state index in [2.05, 4.69) is 19.1 Å². The van der Waals surface area contributed by atoms with Crippen molar-refractivity contribution in [2.24, 2.45) is 5.92 Å². The fraction of sp³-hybridized carbons (Fsp3) is 0.833. The number of rotatable bonds is 21. The summed E-state index contributed by atoms with van der Waals surface area (Å²) < 4.78 is 0. The molecule has 6 heteroatoms. The van der Waals surface area contributed by atoms with Crippen LogP contribution in [0.4, 0.5) is 0 Å². The standard InChI is InChI=1S/C24H44O4.2K/c1-2-3-4-5-6-7-8-9-10-11-12-13-14-15-16-17-18-19-20-22(24(27)28)21-23(25)26;;/h14-15,22H,2-13,16-21H2,1H3,(H,25,26)(H,27,28);;/q;2*+1/p-2/b15-14+;;. The van der Waals surface area contributed by atoms with Crippen molar-refractivity contribution in [3.05, 3.63) is 12.2 Å². The van der Waals surface area contributed by atoms with Crippen LogP contribution in [0.25, 0.3) is 0 Å². The Balaban J connectivity index is -0.00000364. The van der Waals surface area contributed by atoms with E-state index in [4.69, 9.17) is 0 Å². The molecule has 30 heavy (non-hydrogen) atoms. The Labute approximate surface area is 270 Å². The van der Waals surface area contributed by atoms with Gasteiger partial charge in [-0.3, -0.25) is 0 Å². The monoisotopic (exact) mass is 472 g/mol. The van der Waals surface area contributed by atoms with E-state index >= 15 is 0 Å². The maximum Gasteiger partial charge on any atom is 1.00 e. The summed E-state index contributed by atoms with van der Waals surface area (Å²) in [5, 5.41) is 21.3. The van der Waals surface area contributed by atoms with E-state index in [-0.39, 0.29) is 103 Å². The predicted molar refractivity (Wildman–Crippen MR) is 111 cm³/mol. The number of allylic oxidation sites excluding steroid dienone is 2. The van der Waals surface area contributed by atoms with E-state index in [0.29, 0.717) is 6.42 Å². The molecule has 164 valence electrons. The number of carbonyl (C=O) groups is 2. The second-order valence-corrected chi connectivity index (χ2v) is 8.03. The Bertz CT molecular complexity index is 414. The minimum atomic E-state index is -1.32. The topological polar surface area (TPSA) is 80.3 Å². The van der Waals surface area contributed by atoms with Gasteiger partial charge in [-0.25, -0.2) is 0 Å². The van der Waals surface area contributed by atoms with Crippen LogP contribution >= 0.6 is 0 Å². The van der Waals surface area contributed by atoms with E-state index in [0.717, 1.165) is 32.1 Å². The van der Waals surface area contributed by atoms with Gasteiger partial charge in [-0.05, 0) is 38.5 Å². The number of carboxylic acids is 2. The molecule has 0 aromatic rings. The van der Waals surface area contributed by atoms with E-state index in [1.807, 2.05) is 0 Å². The summed E-state index contributed by atoms with van der Waals surface area (Å²) >= 11 is 0. The number of unbranched alkanes of at least 4 members (excludes halogenated alkanes) is 14. The zero-order valence-corrected chi connectivity index (χ0v) is 26.3. The van der Waals surface area contributed by atoms with Crippen molar-refractivity contribution in [2.45, 2.75) is 122 Å². The van der Waals surface area contributed by atoms with Gasteiger partial charge >= 0.3 is 103 Å². The summed E-state index contributed by atoms with van der Waals surface area (Å²) in [5.74, 6) is -3.52. The smallest absolute Gasteiger partial charge is 0.550 e. The van der Waals surface area contributed by atoms with E-state index in [1.54, 1.807) is 0 Å². The van der Waals surface area contributed by atoms with Gasteiger partial charge in [0.2, 0.25) is 0 Å². The molecule has 0 fully saturated rings. The molecule has 0 aliphatic carbocycles. The Kier molecular flexibility index (Phi) is 35.3. The van der Waals surface area contributed by atoms with Gasteiger partial charge in [0.1, 0.15) is 0 Å². The van der Waals surface area contributed by atoms with Gasteiger partial charge in [-0.2, -0.15) is 0 Å². The van der Waals surface area contributed by atoms with Gasteiger partial charge in [0.05, 0.1) is 0 Å². The number of aliphatic carboxylic acids is 2. The van der Waals surface area contributed by atoms with Crippen molar-refractivity contribution >= 4 is 11.9 Å². The summed E-state index contributed by atoms with van der Waals surface area (Å²) in [6.45, 7) is 2.26. The second-order valence-electron chi connectivity index (χ2n) is 8.03. The minimum Gasteiger partial charge on any atom is -0.550 e. The third-order valence-corrected chi connectivity index (χ3v) is 5.31. The minimum absolute atomic E-state index is 0. The molecule has 0 N–H and O–H groups in total. The fourth-order valence-corrected chi connectivity index (χ4v) is 3.50. The zero-order valence-electron chi connectivity index (χ0n) is 20.1. The van der Waals surface area contributed by atoms with Crippen LogP contribution in [0.2, 0.25) is 0 Å². The Morgan fingerprint density at radius 3 is 1.47 bits per heavy atom. The van der Waals surface area contributed by atoms with Gasteiger partial charge in [-0.1, -0.05) is 96.1 Å². The van der Waals surface area contributed by atoms with Crippen molar-refractivity contribution in [2.75, 3.05) is 0 Å². The molecule has 0 aliphatic rings. The molecule has 1 atom stereocenters. The average Bonchev–Trinajstić information content (AvgIpc) is 2.65. The van der Waals surface area contributed by atoms with E-state index < -0.39 is 24.3 Å². The summed E-state index contributed by atoms with van der Waals surface area (Å²) in [4.78, 5) is 21.3. The van der Waals surface area contributed by atoms with Crippen molar-refractivity contribution in [1.29, 1.82) is 0 Å². The molecular formula is C24H42K2O4. The van der Waals surface area contributed by atoms with Crippen LogP contribution in [0.1, 0.15) is 122 Å². The molecular weight excluding hydrogens is 430 g/mol. The molecule has 0 aromatic carbocycles. The average molecular weight is 473 g/mol. The molecule has 0 amide bonds. The van der Waals surface area contributed by atoms with Gasteiger partial charge < -0.3 is 19.8 Å². The second kappa shape index (κ2) is 29.0. The van der Waals surface area contributed by atoms with Crippen LogP contribution < -0.4 is 113 Å². The van der Waals surface area contributed by atoms with Crippen molar-refractivity contribution in [3.8, 4) is 0 Å². The van der Waals surface area contributed by atoms with Crippen LogP contribution in [-0.4, -0.2) is 11.9 Å². The Morgan fingerprint density at radius 2 is 1.07 bits per heavy atom. The van der Waals surface area contributed by atoms with Crippen LogP contribution in [0.3, 0.4) is 0 Å². The largest absolute Gasteiger partial charge is 1.00 e. The van der Waals surface area contributed by atoms with Crippen LogP contribution in [0.15, 0.2) is 12.2 Å². The maximum atomic E-state index is 10.8. The van der Waals surface area contributed by atoms with Gasteiger partial charge in [0.25, 0.3) is 0 Å². The van der Waals surface area contributed by atoms with Crippen LogP contribution in [-0.2, 0) is 9.59 Å². The van der Waals surface area contributed by atoms with Crippen LogP contribution in [0.5, 0.6) is 0 Å². The Morgan fingerprint density at radius 1 is 0.667 bits per heavy atom. The third kappa shape index (κ3) is 28.0. The fourth-order valence-electron chi connectivity index (χ4n) is 3.50. The SMILES string of the molecule is CCCCCCCCCCCCC/C=C/CCCCCC(CC(=O)[O-])C(=O)[O-].[K+].[K+]. The first-order valence-corrected chi connectivity index (χ1v) is 11.6. The molecule has 0 aliphatic heterocycles. The Hall–Kier alpha value is 1.95. The molecule has 0 bridgehead atoms. The quantitative estimate of drug-likeness (QED) is 0.118. The maximum absolute atomic E-state index is 10.8. The van der Waals surface area contributed by atoms with Gasteiger partial charge in [0.15, 0.2) is 0 Å². The summed E-state index contributed by atoms with van der Waals surface area (Å²) in [5.41, 5.74) is 0. The number of hydrogen-bond acceptors (Lipinski definition) is 4. The van der Waals surface area contributed by atoms with E-state index in [1.165, 1.54) is 70.6 Å². The molecule has 0 spiro atoms. The zero-order chi connectivity index (χ0) is 20.9. The molecule has 0 aromatic heterocycles. The molecule has 0 radical (unpaired) electrons.